The maximum absolute atomic E-state index is 11.5. The van der Waals surface area contributed by atoms with Gasteiger partial charge >= 0.3 is 0 Å². The highest BCUT2D eigenvalue weighted by molar-refractivity contribution is 9.09. The van der Waals surface area contributed by atoms with Crippen molar-refractivity contribution in [3.63, 3.8) is 0 Å². The van der Waals surface area contributed by atoms with Gasteiger partial charge in [-0.15, -0.1) is 0 Å². The number of hydrogen-bond donors (Lipinski definition) is 1. The fourth-order valence-electron chi connectivity index (χ4n) is 2.01. The minimum Gasteiger partial charge on any atom is -0.322 e. The number of aromatic amines is 1. The Morgan fingerprint density at radius 2 is 2.06 bits per heavy atom. The van der Waals surface area contributed by atoms with Gasteiger partial charge in [0, 0.05) is 22.3 Å². The number of fused-ring (bicyclic) bond motifs is 1. The van der Waals surface area contributed by atoms with Gasteiger partial charge in [-0.05, 0) is 35.6 Å². The lowest BCUT2D eigenvalue weighted by Crippen LogP contribution is -2.07. The second-order valence-corrected chi connectivity index (χ2v) is 5.35. The third-order valence-electron chi connectivity index (χ3n) is 2.98. The van der Waals surface area contributed by atoms with Crippen LogP contribution < -0.4 is 5.56 Å². The summed E-state index contributed by atoms with van der Waals surface area (Å²) < 4.78 is 0. The Hall–Kier alpha value is -1.09. The maximum atomic E-state index is 11.5. The number of halogens is 1. The fourth-order valence-corrected chi connectivity index (χ4v) is 2.44. The summed E-state index contributed by atoms with van der Waals surface area (Å²) in [5, 5.41) is 2.03. The average molecular weight is 294 g/mol. The van der Waals surface area contributed by atoms with Gasteiger partial charge in [0.15, 0.2) is 0 Å². The van der Waals surface area contributed by atoms with Crippen LogP contribution >= 0.6 is 15.9 Å². The van der Waals surface area contributed by atoms with Gasteiger partial charge in [-0.1, -0.05) is 35.8 Å². The number of benzene rings is 1. The molecule has 1 aromatic heterocycles. The highest BCUT2D eigenvalue weighted by Crippen LogP contribution is 2.22. The van der Waals surface area contributed by atoms with Crippen LogP contribution in [-0.4, -0.2) is 10.3 Å². The van der Waals surface area contributed by atoms with Crippen LogP contribution in [0.15, 0.2) is 29.1 Å². The van der Waals surface area contributed by atoms with Crippen LogP contribution in [0, 0.1) is 0 Å². The molecule has 0 saturated heterocycles. The van der Waals surface area contributed by atoms with E-state index >= 15 is 0 Å². The van der Waals surface area contributed by atoms with Crippen molar-refractivity contribution >= 4 is 26.8 Å². The number of pyridine rings is 1. The molecule has 90 valence electrons. The van der Waals surface area contributed by atoms with Gasteiger partial charge in [-0.25, -0.2) is 0 Å². The molecule has 3 heteroatoms. The Morgan fingerprint density at radius 1 is 1.29 bits per heavy atom. The Kier molecular flexibility index (Phi) is 3.67. The molecule has 0 aliphatic rings. The van der Waals surface area contributed by atoms with E-state index in [9.17, 15) is 4.79 Å². The smallest absolute Gasteiger partial charge is 0.248 e. The standard InChI is InChI=1S/C14H16BrNO/c1-9(2)10-3-4-13-12(7-10)11(5-6-15)8-14(17)16-13/h3-4,7-9H,5-6H2,1-2H3,(H,16,17). The van der Waals surface area contributed by atoms with Crippen LogP contribution in [0.5, 0.6) is 0 Å². The second-order valence-electron chi connectivity index (χ2n) is 4.56. The lowest BCUT2D eigenvalue weighted by Gasteiger charge is -2.09. The molecular formula is C14H16BrNO. The molecule has 0 radical (unpaired) electrons. The molecule has 2 rings (SSSR count). The monoisotopic (exact) mass is 293 g/mol. The summed E-state index contributed by atoms with van der Waals surface area (Å²) in [7, 11) is 0. The topological polar surface area (TPSA) is 32.9 Å². The number of rotatable bonds is 3. The van der Waals surface area contributed by atoms with Crippen LogP contribution in [0.25, 0.3) is 10.9 Å². The van der Waals surface area contributed by atoms with Gasteiger partial charge in [0.2, 0.25) is 5.56 Å². The predicted molar refractivity (Wildman–Crippen MR) is 76.2 cm³/mol. The normalized spacial score (nSPS) is 11.3. The summed E-state index contributed by atoms with van der Waals surface area (Å²) in [6.07, 6.45) is 0.877. The summed E-state index contributed by atoms with van der Waals surface area (Å²) in [5.41, 5.74) is 3.33. The maximum Gasteiger partial charge on any atom is 0.248 e. The van der Waals surface area contributed by atoms with Crippen LogP contribution in [0.3, 0.4) is 0 Å². The molecule has 0 unspecified atom stereocenters. The Bertz CT molecular complexity index is 586. The molecule has 17 heavy (non-hydrogen) atoms. The van der Waals surface area contributed by atoms with Crippen molar-refractivity contribution in [2.75, 3.05) is 5.33 Å². The van der Waals surface area contributed by atoms with Crippen LogP contribution in [0.2, 0.25) is 0 Å². The van der Waals surface area contributed by atoms with Crippen LogP contribution in [-0.2, 0) is 6.42 Å². The first-order chi connectivity index (χ1) is 8.11. The zero-order valence-electron chi connectivity index (χ0n) is 10.1. The zero-order chi connectivity index (χ0) is 12.4. The molecule has 0 amide bonds. The number of nitrogens with one attached hydrogen (secondary N) is 1. The van der Waals surface area contributed by atoms with Crippen molar-refractivity contribution in [1.29, 1.82) is 0 Å². The number of aryl methyl sites for hydroxylation is 1. The highest BCUT2D eigenvalue weighted by atomic mass is 79.9. The molecule has 0 fully saturated rings. The van der Waals surface area contributed by atoms with Crippen molar-refractivity contribution in [1.82, 2.24) is 4.98 Å². The van der Waals surface area contributed by atoms with Gasteiger partial charge in [0.25, 0.3) is 0 Å². The summed E-state index contributed by atoms with van der Waals surface area (Å²) in [4.78, 5) is 14.4. The van der Waals surface area contributed by atoms with Crippen LogP contribution in [0.4, 0.5) is 0 Å². The second kappa shape index (κ2) is 5.05. The van der Waals surface area contributed by atoms with Crippen molar-refractivity contribution in [2.24, 2.45) is 0 Å². The average Bonchev–Trinajstić information content (AvgIpc) is 2.28. The Labute approximate surface area is 109 Å². The lowest BCUT2D eigenvalue weighted by atomic mass is 9.98. The van der Waals surface area contributed by atoms with E-state index in [1.807, 2.05) is 6.07 Å². The third kappa shape index (κ3) is 2.60. The molecule has 0 aliphatic carbocycles. The molecule has 1 heterocycles. The molecule has 0 bridgehead atoms. The van der Waals surface area contributed by atoms with Gasteiger partial charge in [-0.3, -0.25) is 4.79 Å². The molecule has 0 aliphatic heterocycles. The number of H-pyrrole nitrogens is 1. The van der Waals surface area contributed by atoms with E-state index in [4.69, 9.17) is 0 Å². The molecule has 1 N–H and O–H groups in total. The van der Waals surface area contributed by atoms with Crippen molar-refractivity contribution < 1.29 is 0 Å². The molecule has 2 aromatic rings. The summed E-state index contributed by atoms with van der Waals surface area (Å²) >= 11 is 3.43. The first kappa shape index (κ1) is 12.4. The van der Waals surface area contributed by atoms with Gasteiger partial charge < -0.3 is 4.98 Å². The fraction of sp³-hybridized carbons (Fsp3) is 0.357. The van der Waals surface area contributed by atoms with Gasteiger partial charge in [0.1, 0.15) is 0 Å². The SMILES string of the molecule is CC(C)c1ccc2[nH]c(=O)cc(CCBr)c2c1. The molecule has 1 aromatic carbocycles. The quantitative estimate of drug-likeness (QED) is 0.862. The van der Waals surface area contributed by atoms with E-state index in [1.165, 1.54) is 5.56 Å². The Morgan fingerprint density at radius 3 is 2.71 bits per heavy atom. The zero-order valence-corrected chi connectivity index (χ0v) is 11.7. The van der Waals surface area contributed by atoms with Gasteiger partial charge in [0.05, 0.1) is 0 Å². The van der Waals surface area contributed by atoms with E-state index in [2.05, 4.69) is 46.9 Å². The third-order valence-corrected chi connectivity index (χ3v) is 3.38. The van der Waals surface area contributed by atoms with Crippen molar-refractivity contribution in [2.45, 2.75) is 26.2 Å². The number of aromatic nitrogens is 1. The highest BCUT2D eigenvalue weighted by Gasteiger charge is 2.06. The van der Waals surface area contributed by atoms with E-state index < -0.39 is 0 Å². The van der Waals surface area contributed by atoms with Crippen LogP contribution in [0.1, 0.15) is 30.9 Å². The largest absolute Gasteiger partial charge is 0.322 e. The minimum absolute atomic E-state index is 0.0225. The van der Waals surface area contributed by atoms with E-state index in [-0.39, 0.29) is 5.56 Å². The van der Waals surface area contributed by atoms with Crippen molar-refractivity contribution in [3.8, 4) is 0 Å². The lowest BCUT2D eigenvalue weighted by molar-refractivity contribution is 0.868. The molecule has 0 atom stereocenters. The predicted octanol–water partition coefficient (Wildman–Crippen LogP) is 3.59. The number of hydrogen-bond acceptors (Lipinski definition) is 1. The minimum atomic E-state index is -0.0225. The molecule has 2 nitrogen and oxygen atoms in total. The summed E-state index contributed by atoms with van der Waals surface area (Å²) in [6.45, 7) is 4.36. The molecule has 0 spiro atoms. The Balaban J connectivity index is 2.68. The van der Waals surface area contributed by atoms with E-state index in [0.29, 0.717) is 5.92 Å². The first-order valence-corrected chi connectivity index (χ1v) is 6.96. The van der Waals surface area contributed by atoms with E-state index in [1.54, 1.807) is 6.07 Å². The van der Waals surface area contributed by atoms with E-state index in [0.717, 1.165) is 28.2 Å². The van der Waals surface area contributed by atoms with Crippen molar-refractivity contribution in [3.05, 3.63) is 45.7 Å². The molecule has 0 saturated carbocycles. The summed E-state index contributed by atoms with van der Waals surface area (Å²) in [6, 6.07) is 7.98. The van der Waals surface area contributed by atoms with Gasteiger partial charge in [-0.2, -0.15) is 0 Å². The first-order valence-electron chi connectivity index (χ1n) is 5.83. The molecular weight excluding hydrogens is 278 g/mol. The summed E-state index contributed by atoms with van der Waals surface area (Å²) in [5.74, 6) is 0.503. The number of alkyl halides is 1.